The molecule has 1 aliphatic carbocycles. The van der Waals surface area contributed by atoms with Crippen molar-refractivity contribution < 1.29 is 0 Å². The Morgan fingerprint density at radius 1 is 1.10 bits per heavy atom. The molecule has 1 aliphatic heterocycles. The van der Waals surface area contributed by atoms with Crippen LogP contribution in [0.1, 0.15) is 32.1 Å². The quantitative estimate of drug-likeness (QED) is 0.874. The van der Waals surface area contributed by atoms with Crippen LogP contribution in [0.5, 0.6) is 0 Å². The van der Waals surface area contributed by atoms with Gasteiger partial charge in [-0.2, -0.15) is 0 Å². The van der Waals surface area contributed by atoms with Crippen molar-refractivity contribution in [2.75, 3.05) is 18.0 Å². The molecule has 2 aliphatic rings. The largest absolute Gasteiger partial charge is 0.355 e. The second-order valence-corrected chi connectivity index (χ2v) is 6.57. The first kappa shape index (κ1) is 13.0. The molecular weight excluding hydrogens is 260 g/mol. The van der Waals surface area contributed by atoms with Gasteiger partial charge in [-0.15, -0.1) is 0 Å². The minimum absolute atomic E-state index is 0.404. The summed E-state index contributed by atoms with van der Waals surface area (Å²) in [6, 6.07) is 8.47. The lowest BCUT2D eigenvalue weighted by Crippen LogP contribution is -2.47. The third kappa shape index (κ3) is 2.18. The fraction of sp³-hybridized carbons (Fsp3) is 0.529. The first-order valence-electron chi connectivity index (χ1n) is 7.99. The number of benzene rings is 1. The predicted molar refractivity (Wildman–Crippen MR) is 85.2 cm³/mol. The zero-order valence-corrected chi connectivity index (χ0v) is 12.3. The van der Waals surface area contributed by atoms with Crippen molar-refractivity contribution in [3.8, 4) is 0 Å². The smallest absolute Gasteiger partial charge is 0.147 e. The minimum Gasteiger partial charge on any atom is -0.355 e. The van der Waals surface area contributed by atoms with Gasteiger partial charge < -0.3 is 10.6 Å². The second kappa shape index (κ2) is 4.95. The number of fused-ring (bicyclic) bond motifs is 1. The molecule has 2 N–H and O–H groups in total. The molecule has 4 nitrogen and oxygen atoms in total. The highest BCUT2D eigenvalue weighted by Gasteiger charge is 2.42. The summed E-state index contributed by atoms with van der Waals surface area (Å²) in [5, 5.41) is 0. The molecule has 0 bridgehead atoms. The van der Waals surface area contributed by atoms with Crippen LogP contribution in [0.4, 0.5) is 5.82 Å². The monoisotopic (exact) mass is 282 g/mol. The average molecular weight is 282 g/mol. The highest BCUT2D eigenvalue weighted by atomic mass is 15.2. The third-order valence-corrected chi connectivity index (χ3v) is 5.50. The lowest BCUT2D eigenvalue weighted by molar-refractivity contribution is 0.197. The summed E-state index contributed by atoms with van der Waals surface area (Å²) in [5.74, 6) is 1.01. The van der Waals surface area contributed by atoms with Gasteiger partial charge in [0.25, 0.3) is 0 Å². The van der Waals surface area contributed by atoms with E-state index in [1.807, 2.05) is 30.5 Å². The van der Waals surface area contributed by atoms with Gasteiger partial charge in [0.05, 0.1) is 17.2 Å². The van der Waals surface area contributed by atoms with E-state index in [-0.39, 0.29) is 0 Å². The second-order valence-electron chi connectivity index (χ2n) is 6.57. The van der Waals surface area contributed by atoms with Gasteiger partial charge in [-0.3, -0.25) is 4.98 Å². The van der Waals surface area contributed by atoms with Crippen molar-refractivity contribution in [2.24, 2.45) is 11.1 Å². The molecule has 1 spiro atoms. The molecule has 110 valence electrons. The topological polar surface area (TPSA) is 55.0 Å². The number of piperidine rings is 1. The normalized spacial score (nSPS) is 24.8. The van der Waals surface area contributed by atoms with Gasteiger partial charge in [0.15, 0.2) is 0 Å². The zero-order chi connectivity index (χ0) is 14.3. The van der Waals surface area contributed by atoms with Crippen molar-refractivity contribution in [3.63, 3.8) is 0 Å². The molecule has 21 heavy (non-hydrogen) atoms. The standard InChI is InChI=1S/C17H22N4/c18-15-6-3-7-17(15)8-10-21(11-9-17)16-12-19-13-4-1-2-5-14(13)20-16/h1-2,4-5,12,15H,3,6-11,18H2. The molecule has 4 rings (SSSR count). The van der Waals surface area contributed by atoms with E-state index in [9.17, 15) is 0 Å². The lowest BCUT2D eigenvalue weighted by Gasteiger charge is -2.42. The molecule has 1 atom stereocenters. The fourth-order valence-corrected chi connectivity index (χ4v) is 4.07. The van der Waals surface area contributed by atoms with Crippen LogP contribution >= 0.6 is 0 Å². The molecule has 2 aromatic rings. The van der Waals surface area contributed by atoms with E-state index in [1.54, 1.807) is 0 Å². The summed E-state index contributed by atoms with van der Waals surface area (Å²) < 4.78 is 0. The number of nitrogens with two attached hydrogens (primary N) is 1. The first-order chi connectivity index (χ1) is 10.3. The number of hydrogen-bond acceptors (Lipinski definition) is 4. The van der Waals surface area contributed by atoms with Crippen LogP contribution in [0.15, 0.2) is 30.5 Å². The average Bonchev–Trinajstić information content (AvgIpc) is 2.88. The Balaban J connectivity index is 1.54. The van der Waals surface area contributed by atoms with E-state index in [4.69, 9.17) is 10.7 Å². The number of rotatable bonds is 1. The maximum atomic E-state index is 6.36. The molecule has 0 radical (unpaired) electrons. The molecular formula is C17H22N4. The van der Waals surface area contributed by atoms with E-state index in [1.165, 1.54) is 32.1 Å². The molecule has 1 saturated heterocycles. The molecule has 1 unspecified atom stereocenters. The Hall–Kier alpha value is -1.68. The molecule has 0 amide bonds. The molecule has 2 fully saturated rings. The Labute approximate surface area is 125 Å². The van der Waals surface area contributed by atoms with Gasteiger partial charge >= 0.3 is 0 Å². The number of hydrogen-bond donors (Lipinski definition) is 1. The van der Waals surface area contributed by atoms with Crippen molar-refractivity contribution >= 4 is 16.9 Å². The SMILES string of the molecule is NC1CCCC12CCN(c1cnc3ccccc3n1)CC2. The molecule has 1 aromatic heterocycles. The molecule has 2 heterocycles. The molecule has 1 aromatic carbocycles. The van der Waals surface area contributed by atoms with Gasteiger partial charge in [0, 0.05) is 19.1 Å². The van der Waals surface area contributed by atoms with E-state index < -0.39 is 0 Å². The van der Waals surface area contributed by atoms with E-state index in [0.29, 0.717) is 11.5 Å². The van der Waals surface area contributed by atoms with Gasteiger partial charge in [-0.05, 0) is 43.2 Å². The van der Waals surface area contributed by atoms with Crippen LogP contribution in [0.25, 0.3) is 11.0 Å². The predicted octanol–water partition coefficient (Wildman–Crippen LogP) is 2.73. The van der Waals surface area contributed by atoms with Gasteiger partial charge in [0.1, 0.15) is 5.82 Å². The van der Waals surface area contributed by atoms with Crippen molar-refractivity contribution in [2.45, 2.75) is 38.1 Å². The highest BCUT2D eigenvalue weighted by Crippen LogP contribution is 2.45. The summed E-state index contributed by atoms with van der Waals surface area (Å²) in [7, 11) is 0. The summed E-state index contributed by atoms with van der Waals surface area (Å²) in [6.45, 7) is 2.11. The Bertz CT molecular complexity index is 646. The molecule has 1 saturated carbocycles. The van der Waals surface area contributed by atoms with Crippen molar-refractivity contribution in [1.82, 2.24) is 9.97 Å². The van der Waals surface area contributed by atoms with Crippen LogP contribution in [0.3, 0.4) is 0 Å². The third-order valence-electron chi connectivity index (χ3n) is 5.50. The maximum absolute atomic E-state index is 6.36. The minimum atomic E-state index is 0.404. The fourth-order valence-electron chi connectivity index (χ4n) is 4.07. The highest BCUT2D eigenvalue weighted by molar-refractivity contribution is 5.75. The van der Waals surface area contributed by atoms with E-state index in [0.717, 1.165) is 29.9 Å². The summed E-state index contributed by atoms with van der Waals surface area (Å²) >= 11 is 0. The summed E-state index contributed by atoms with van der Waals surface area (Å²) in [5.41, 5.74) is 8.70. The van der Waals surface area contributed by atoms with Gasteiger partial charge in [-0.25, -0.2) is 4.98 Å². The summed E-state index contributed by atoms with van der Waals surface area (Å²) in [4.78, 5) is 11.7. The zero-order valence-electron chi connectivity index (χ0n) is 12.3. The van der Waals surface area contributed by atoms with Crippen molar-refractivity contribution in [1.29, 1.82) is 0 Å². The number of nitrogens with zero attached hydrogens (tertiary/aromatic N) is 3. The van der Waals surface area contributed by atoms with Crippen LogP contribution in [0.2, 0.25) is 0 Å². The molecule has 4 heteroatoms. The van der Waals surface area contributed by atoms with Crippen molar-refractivity contribution in [3.05, 3.63) is 30.5 Å². The van der Waals surface area contributed by atoms with Crippen LogP contribution in [0, 0.1) is 5.41 Å². The number of aromatic nitrogens is 2. The van der Waals surface area contributed by atoms with Crippen LogP contribution in [-0.2, 0) is 0 Å². The van der Waals surface area contributed by atoms with E-state index >= 15 is 0 Å². The van der Waals surface area contributed by atoms with Gasteiger partial charge in [-0.1, -0.05) is 18.6 Å². The van der Waals surface area contributed by atoms with Gasteiger partial charge in [0.2, 0.25) is 0 Å². The number of para-hydroxylation sites is 2. The maximum Gasteiger partial charge on any atom is 0.147 e. The Kier molecular flexibility index (Phi) is 3.07. The first-order valence-corrected chi connectivity index (χ1v) is 7.99. The Morgan fingerprint density at radius 2 is 1.86 bits per heavy atom. The lowest BCUT2D eigenvalue weighted by atomic mass is 9.74. The van der Waals surface area contributed by atoms with Crippen LogP contribution < -0.4 is 10.6 Å². The number of anilines is 1. The van der Waals surface area contributed by atoms with Crippen LogP contribution in [-0.4, -0.2) is 29.1 Å². The van der Waals surface area contributed by atoms with E-state index in [2.05, 4.69) is 9.88 Å². The Morgan fingerprint density at radius 3 is 2.57 bits per heavy atom. The summed E-state index contributed by atoms with van der Waals surface area (Å²) in [6.07, 6.45) is 8.12.